The third-order valence-electron chi connectivity index (χ3n) is 2.06. The first-order valence-corrected chi connectivity index (χ1v) is 6.71. The number of hydrazine groups is 1. The molecule has 1 amide bonds. The maximum Gasteiger partial charge on any atom is 0.225 e. The minimum absolute atomic E-state index is 0.0101. The molecule has 1 fully saturated rings. The van der Waals surface area contributed by atoms with Crippen LogP contribution in [0.1, 0.15) is 0 Å². The van der Waals surface area contributed by atoms with Gasteiger partial charge < -0.3 is 0 Å². The lowest BCUT2D eigenvalue weighted by Crippen LogP contribution is -2.34. The van der Waals surface area contributed by atoms with Crippen LogP contribution >= 0.6 is 11.8 Å². The number of nitrogens with zero attached hydrogens (tertiary/aromatic N) is 1. The summed E-state index contributed by atoms with van der Waals surface area (Å²) in [6.07, 6.45) is 0.508. The molecule has 2 N–H and O–H groups in total. The van der Waals surface area contributed by atoms with Crippen molar-refractivity contribution in [2.45, 2.75) is 11.3 Å². The molecule has 0 spiro atoms. The van der Waals surface area contributed by atoms with E-state index in [0.717, 1.165) is 0 Å². The molecule has 2 heterocycles. The van der Waals surface area contributed by atoms with E-state index in [0.29, 0.717) is 11.6 Å². The smallest absolute Gasteiger partial charge is 0.225 e. The number of amidine groups is 1. The zero-order valence-corrected chi connectivity index (χ0v) is 8.77. The van der Waals surface area contributed by atoms with Gasteiger partial charge in [-0.3, -0.25) is 20.6 Å². The highest BCUT2D eigenvalue weighted by Gasteiger charge is 2.42. The molecule has 2 aliphatic rings. The predicted molar refractivity (Wildman–Crippen MR) is 53.6 cm³/mol. The minimum atomic E-state index is -2.90. The number of amides is 1. The second kappa shape index (κ2) is 3.43. The average molecular weight is 235 g/mol. The second-order valence-corrected chi connectivity index (χ2v) is 6.50. The van der Waals surface area contributed by atoms with Gasteiger partial charge in [0.2, 0.25) is 6.41 Å². The molecule has 0 bridgehead atoms. The zero-order valence-electron chi connectivity index (χ0n) is 7.13. The van der Waals surface area contributed by atoms with Gasteiger partial charge in [-0.05, 0) is 0 Å². The molecule has 0 saturated carbocycles. The van der Waals surface area contributed by atoms with Gasteiger partial charge in [0.1, 0.15) is 0 Å². The first-order chi connectivity index (χ1) is 6.61. The van der Waals surface area contributed by atoms with Crippen LogP contribution in [0, 0.1) is 0 Å². The molecule has 8 heteroatoms. The zero-order chi connectivity index (χ0) is 10.2. The maximum atomic E-state index is 11.2. The van der Waals surface area contributed by atoms with E-state index in [2.05, 4.69) is 15.8 Å². The van der Waals surface area contributed by atoms with Crippen LogP contribution in [-0.2, 0) is 14.6 Å². The maximum absolute atomic E-state index is 11.2. The molecule has 0 aromatic carbocycles. The van der Waals surface area contributed by atoms with E-state index < -0.39 is 9.84 Å². The molecule has 14 heavy (non-hydrogen) atoms. The van der Waals surface area contributed by atoms with Crippen LogP contribution in [0.4, 0.5) is 0 Å². The molecule has 0 aromatic rings. The summed E-state index contributed by atoms with van der Waals surface area (Å²) in [4.78, 5) is 14.1. The van der Waals surface area contributed by atoms with Gasteiger partial charge in [-0.25, -0.2) is 8.42 Å². The summed E-state index contributed by atoms with van der Waals surface area (Å²) in [6, 6.07) is -0.152. The Morgan fingerprint density at radius 1 is 1.50 bits per heavy atom. The molecular weight excluding hydrogens is 226 g/mol. The minimum Gasteiger partial charge on any atom is -0.277 e. The number of thioether (sulfide) groups is 1. The Labute approximate surface area is 85.4 Å². The highest BCUT2D eigenvalue weighted by Crippen LogP contribution is 2.32. The summed E-state index contributed by atoms with van der Waals surface area (Å²) in [5, 5.41) is 0.595. The summed E-state index contributed by atoms with van der Waals surface area (Å²) in [5.41, 5.74) is 4.86. The monoisotopic (exact) mass is 235 g/mol. The van der Waals surface area contributed by atoms with E-state index in [9.17, 15) is 13.2 Å². The molecule has 1 saturated heterocycles. The van der Waals surface area contributed by atoms with Crippen LogP contribution in [0.5, 0.6) is 0 Å². The first kappa shape index (κ1) is 9.78. The van der Waals surface area contributed by atoms with Crippen molar-refractivity contribution in [3.05, 3.63) is 0 Å². The number of aliphatic imine (C=N–C) groups is 1. The fourth-order valence-electron chi connectivity index (χ4n) is 1.51. The Morgan fingerprint density at radius 3 is 2.93 bits per heavy atom. The van der Waals surface area contributed by atoms with E-state index in [1.54, 1.807) is 0 Å². The normalized spacial score (nSPS) is 33.3. The quantitative estimate of drug-likeness (QED) is 0.449. The molecule has 2 aliphatic heterocycles. The summed E-state index contributed by atoms with van der Waals surface area (Å²) in [5.74, 6) is 0.301. The number of fused-ring (bicyclic) bond motifs is 1. The number of sulfone groups is 1. The van der Waals surface area contributed by atoms with Gasteiger partial charge in [-0.15, -0.1) is 0 Å². The molecule has 0 aromatic heterocycles. The van der Waals surface area contributed by atoms with Crippen molar-refractivity contribution in [3.8, 4) is 0 Å². The topological polar surface area (TPSA) is 87.6 Å². The van der Waals surface area contributed by atoms with Gasteiger partial charge in [0.05, 0.1) is 17.5 Å². The van der Waals surface area contributed by atoms with Crippen LogP contribution in [0.3, 0.4) is 0 Å². The molecule has 2 rings (SSSR count). The summed E-state index contributed by atoms with van der Waals surface area (Å²) in [7, 11) is -2.90. The molecule has 6 nitrogen and oxygen atoms in total. The van der Waals surface area contributed by atoms with E-state index in [-0.39, 0.29) is 22.8 Å². The highest BCUT2D eigenvalue weighted by molar-refractivity contribution is 8.15. The van der Waals surface area contributed by atoms with E-state index in [1.807, 2.05) is 0 Å². The molecule has 0 radical (unpaired) electrons. The number of carbonyl (C=O) groups excluding carboxylic acids is 1. The van der Waals surface area contributed by atoms with Crippen LogP contribution < -0.4 is 10.9 Å². The summed E-state index contributed by atoms with van der Waals surface area (Å²) >= 11 is 1.36. The third-order valence-corrected chi connectivity index (χ3v) is 5.20. The van der Waals surface area contributed by atoms with Gasteiger partial charge in [0.15, 0.2) is 15.0 Å². The number of hydrogen-bond acceptors (Lipinski definition) is 6. The largest absolute Gasteiger partial charge is 0.277 e. The molecule has 2 atom stereocenters. The molecule has 0 aliphatic carbocycles. The lowest BCUT2D eigenvalue weighted by atomic mass is 10.3. The van der Waals surface area contributed by atoms with E-state index in [4.69, 9.17) is 0 Å². The van der Waals surface area contributed by atoms with Crippen molar-refractivity contribution in [2.75, 3.05) is 11.5 Å². The standard InChI is InChI=1S/C6H9N3O3S2/c10-3-7-9-6-8-4-1-14(11,12)2-5(4)13-6/h3-5H,1-2H2,(H,7,10)(H,8,9). The average Bonchev–Trinajstić information content (AvgIpc) is 2.53. The van der Waals surface area contributed by atoms with E-state index in [1.165, 1.54) is 11.8 Å². The molecule has 2 unspecified atom stereocenters. The summed E-state index contributed by atoms with van der Waals surface area (Å²) < 4.78 is 22.4. The lowest BCUT2D eigenvalue weighted by Gasteiger charge is -2.03. The van der Waals surface area contributed by atoms with Crippen molar-refractivity contribution in [1.29, 1.82) is 0 Å². The Bertz CT molecular complexity index is 378. The van der Waals surface area contributed by atoms with E-state index >= 15 is 0 Å². The third kappa shape index (κ3) is 1.85. The Morgan fingerprint density at radius 2 is 2.29 bits per heavy atom. The molecule has 78 valence electrons. The van der Waals surface area contributed by atoms with Gasteiger partial charge in [0.25, 0.3) is 0 Å². The Balaban J connectivity index is 2.01. The van der Waals surface area contributed by atoms with Crippen LogP contribution in [-0.4, -0.2) is 42.8 Å². The van der Waals surface area contributed by atoms with Crippen LogP contribution in [0.15, 0.2) is 4.99 Å². The van der Waals surface area contributed by atoms with Crippen molar-refractivity contribution in [1.82, 2.24) is 10.9 Å². The first-order valence-electron chi connectivity index (χ1n) is 4.01. The van der Waals surface area contributed by atoms with Gasteiger partial charge in [-0.2, -0.15) is 0 Å². The van der Waals surface area contributed by atoms with Gasteiger partial charge in [0, 0.05) is 5.25 Å². The van der Waals surface area contributed by atoms with Crippen molar-refractivity contribution >= 4 is 33.2 Å². The van der Waals surface area contributed by atoms with Crippen molar-refractivity contribution < 1.29 is 13.2 Å². The van der Waals surface area contributed by atoms with Crippen LogP contribution in [0.25, 0.3) is 0 Å². The van der Waals surface area contributed by atoms with Gasteiger partial charge >= 0.3 is 0 Å². The van der Waals surface area contributed by atoms with Gasteiger partial charge in [-0.1, -0.05) is 11.8 Å². The Kier molecular flexibility index (Phi) is 2.40. The van der Waals surface area contributed by atoms with Crippen molar-refractivity contribution in [2.24, 2.45) is 4.99 Å². The molecular formula is C6H9N3O3S2. The summed E-state index contributed by atoms with van der Waals surface area (Å²) in [6.45, 7) is 0. The number of hydrogen-bond donors (Lipinski definition) is 2. The Hall–Kier alpha value is -0.760. The number of carbonyl (C=O) groups is 1. The number of rotatable bonds is 2. The van der Waals surface area contributed by atoms with Crippen LogP contribution in [0.2, 0.25) is 0 Å². The fourth-order valence-corrected chi connectivity index (χ4v) is 5.12. The number of nitrogens with one attached hydrogen (secondary N) is 2. The SMILES string of the molecule is O=CNNC1=NC2CS(=O)(=O)CC2S1. The lowest BCUT2D eigenvalue weighted by molar-refractivity contribution is -0.110. The second-order valence-electron chi connectivity index (χ2n) is 3.12. The van der Waals surface area contributed by atoms with Crippen molar-refractivity contribution in [3.63, 3.8) is 0 Å². The predicted octanol–water partition coefficient (Wildman–Crippen LogP) is -1.49. The fraction of sp³-hybridized carbons (Fsp3) is 0.667. The highest BCUT2D eigenvalue weighted by atomic mass is 32.2.